The van der Waals surface area contributed by atoms with Gasteiger partial charge in [-0.25, -0.2) is 0 Å². The van der Waals surface area contributed by atoms with Crippen molar-refractivity contribution in [2.24, 2.45) is 5.73 Å². The van der Waals surface area contributed by atoms with Gasteiger partial charge in [-0.2, -0.15) is 0 Å². The average molecular weight is 273 g/mol. The summed E-state index contributed by atoms with van der Waals surface area (Å²) in [5.74, 6) is 2.00. The Morgan fingerprint density at radius 2 is 1.84 bits per heavy atom. The molecule has 0 spiro atoms. The smallest absolute Gasteiger partial charge is 0.119 e. The monoisotopic (exact) mass is 273 g/mol. The van der Waals surface area contributed by atoms with Crippen LogP contribution >= 0.6 is 11.8 Å². The van der Waals surface area contributed by atoms with Gasteiger partial charge >= 0.3 is 0 Å². The summed E-state index contributed by atoms with van der Waals surface area (Å²) in [7, 11) is 0. The van der Waals surface area contributed by atoms with Gasteiger partial charge in [-0.3, -0.25) is 0 Å². The highest BCUT2D eigenvalue weighted by Crippen LogP contribution is 2.20. The molecular weight excluding hydrogens is 254 g/mol. The molecule has 2 aromatic carbocycles. The fourth-order valence-electron chi connectivity index (χ4n) is 1.72. The van der Waals surface area contributed by atoms with Crippen molar-refractivity contribution in [2.75, 3.05) is 12.4 Å². The van der Waals surface area contributed by atoms with Gasteiger partial charge in [0.15, 0.2) is 0 Å². The van der Waals surface area contributed by atoms with Crippen LogP contribution in [0.4, 0.5) is 0 Å². The first-order chi connectivity index (χ1) is 9.38. The molecule has 0 fully saturated rings. The molecule has 2 nitrogen and oxygen atoms in total. The Hall–Kier alpha value is -1.45. The van der Waals surface area contributed by atoms with Crippen LogP contribution in [0.1, 0.15) is 12.0 Å². The molecule has 3 heteroatoms. The molecule has 0 saturated heterocycles. The van der Waals surface area contributed by atoms with Gasteiger partial charge in [0.25, 0.3) is 0 Å². The number of para-hydroxylation sites is 1. The van der Waals surface area contributed by atoms with Gasteiger partial charge in [-0.15, -0.1) is 11.8 Å². The fourth-order valence-corrected chi connectivity index (χ4v) is 2.63. The largest absolute Gasteiger partial charge is 0.494 e. The second kappa shape index (κ2) is 7.87. The maximum atomic E-state index is 5.66. The number of rotatable bonds is 7. The minimum atomic E-state index is 0.603. The molecule has 2 rings (SSSR count). The van der Waals surface area contributed by atoms with E-state index in [1.54, 1.807) is 0 Å². The maximum Gasteiger partial charge on any atom is 0.119 e. The number of nitrogens with two attached hydrogens (primary N) is 1. The second-order valence-corrected chi connectivity index (χ2v) is 5.38. The number of hydrogen-bond donors (Lipinski definition) is 1. The molecule has 0 amide bonds. The van der Waals surface area contributed by atoms with Crippen molar-refractivity contribution in [2.45, 2.75) is 17.9 Å². The first kappa shape index (κ1) is 14.0. The van der Waals surface area contributed by atoms with Crippen LogP contribution in [0.2, 0.25) is 0 Å². The summed E-state index contributed by atoms with van der Waals surface area (Å²) in [6, 6.07) is 18.3. The topological polar surface area (TPSA) is 35.2 Å². The van der Waals surface area contributed by atoms with Crippen LogP contribution in [0.3, 0.4) is 0 Å². The van der Waals surface area contributed by atoms with Crippen molar-refractivity contribution in [1.29, 1.82) is 0 Å². The van der Waals surface area contributed by atoms with E-state index in [1.807, 2.05) is 42.1 Å². The van der Waals surface area contributed by atoms with E-state index in [9.17, 15) is 0 Å². The zero-order valence-corrected chi connectivity index (χ0v) is 11.7. The van der Waals surface area contributed by atoms with Crippen molar-refractivity contribution in [1.82, 2.24) is 0 Å². The van der Waals surface area contributed by atoms with Gasteiger partial charge in [0, 0.05) is 17.2 Å². The third-order valence-corrected chi connectivity index (χ3v) is 3.78. The predicted octanol–water partition coefficient (Wildman–Crippen LogP) is 3.71. The molecule has 0 aromatic heterocycles. The van der Waals surface area contributed by atoms with Crippen molar-refractivity contribution in [3.8, 4) is 5.75 Å². The molecule has 2 N–H and O–H groups in total. The zero-order valence-electron chi connectivity index (χ0n) is 10.9. The highest BCUT2D eigenvalue weighted by atomic mass is 32.2. The van der Waals surface area contributed by atoms with Crippen LogP contribution in [-0.4, -0.2) is 12.4 Å². The standard InChI is InChI=1S/C16H19NOS/c17-13-14-6-4-9-16(12-14)19-11-5-10-18-15-7-2-1-3-8-15/h1-4,6-9,12H,5,10-11,13,17H2. The molecule has 0 aliphatic carbocycles. The van der Waals surface area contributed by atoms with E-state index in [1.165, 1.54) is 10.5 Å². The van der Waals surface area contributed by atoms with Gasteiger partial charge in [0.05, 0.1) is 6.61 Å². The van der Waals surface area contributed by atoms with Crippen LogP contribution < -0.4 is 10.5 Å². The molecule has 0 aliphatic heterocycles. The normalized spacial score (nSPS) is 10.4. The van der Waals surface area contributed by atoms with E-state index in [4.69, 9.17) is 10.5 Å². The Balaban J connectivity index is 1.66. The highest BCUT2D eigenvalue weighted by Gasteiger charge is 1.97. The number of hydrogen-bond acceptors (Lipinski definition) is 3. The van der Waals surface area contributed by atoms with Crippen LogP contribution in [0.5, 0.6) is 5.75 Å². The lowest BCUT2D eigenvalue weighted by Crippen LogP contribution is -1.98. The van der Waals surface area contributed by atoms with E-state index < -0.39 is 0 Å². The summed E-state index contributed by atoms with van der Waals surface area (Å²) in [6.45, 7) is 1.36. The Morgan fingerprint density at radius 1 is 1.00 bits per heavy atom. The Kier molecular flexibility index (Phi) is 5.79. The molecule has 0 heterocycles. The number of benzene rings is 2. The molecule has 100 valence electrons. The summed E-state index contributed by atoms with van der Waals surface area (Å²) in [5.41, 5.74) is 6.82. The zero-order chi connectivity index (χ0) is 13.3. The highest BCUT2D eigenvalue weighted by molar-refractivity contribution is 7.99. The van der Waals surface area contributed by atoms with Gasteiger partial charge in [0.1, 0.15) is 5.75 Å². The number of thioether (sulfide) groups is 1. The Labute approximate surface area is 119 Å². The van der Waals surface area contributed by atoms with E-state index in [0.717, 1.165) is 24.5 Å². The first-order valence-corrected chi connectivity index (χ1v) is 7.47. The van der Waals surface area contributed by atoms with Crippen molar-refractivity contribution < 1.29 is 4.74 Å². The van der Waals surface area contributed by atoms with Gasteiger partial charge < -0.3 is 10.5 Å². The predicted molar refractivity (Wildman–Crippen MR) is 81.6 cm³/mol. The SMILES string of the molecule is NCc1cccc(SCCCOc2ccccc2)c1. The summed E-state index contributed by atoms with van der Waals surface area (Å²) in [5, 5.41) is 0. The van der Waals surface area contributed by atoms with Crippen LogP contribution in [-0.2, 0) is 6.54 Å². The molecule has 0 bridgehead atoms. The Bertz CT molecular complexity index is 487. The van der Waals surface area contributed by atoms with E-state index in [2.05, 4.69) is 24.3 Å². The molecule has 2 aromatic rings. The molecule has 0 atom stereocenters. The van der Waals surface area contributed by atoms with Crippen molar-refractivity contribution in [3.05, 3.63) is 60.2 Å². The first-order valence-electron chi connectivity index (χ1n) is 6.48. The molecular formula is C16H19NOS. The van der Waals surface area contributed by atoms with Crippen LogP contribution in [0.25, 0.3) is 0 Å². The number of ether oxygens (including phenoxy) is 1. The van der Waals surface area contributed by atoms with E-state index in [0.29, 0.717) is 6.54 Å². The van der Waals surface area contributed by atoms with Gasteiger partial charge in [-0.05, 0) is 36.2 Å². The lowest BCUT2D eigenvalue weighted by molar-refractivity contribution is 0.319. The lowest BCUT2D eigenvalue weighted by Gasteiger charge is -2.06. The van der Waals surface area contributed by atoms with Gasteiger partial charge in [-0.1, -0.05) is 30.3 Å². The second-order valence-electron chi connectivity index (χ2n) is 4.22. The molecule has 0 unspecified atom stereocenters. The van der Waals surface area contributed by atoms with Crippen LogP contribution in [0.15, 0.2) is 59.5 Å². The Morgan fingerprint density at radius 3 is 2.63 bits per heavy atom. The van der Waals surface area contributed by atoms with E-state index >= 15 is 0 Å². The third kappa shape index (κ3) is 4.97. The molecule has 0 radical (unpaired) electrons. The third-order valence-electron chi connectivity index (χ3n) is 2.70. The fraction of sp³-hybridized carbons (Fsp3) is 0.250. The van der Waals surface area contributed by atoms with E-state index in [-0.39, 0.29) is 0 Å². The summed E-state index contributed by atoms with van der Waals surface area (Å²) in [4.78, 5) is 1.28. The lowest BCUT2D eigenvalue weighted by atomic mass is 10.2. The average Bonchev–Trinajstić information content (AvgIpc) is 2.48. The van der Waals surface area contributed by atoms with Gasteiger partial charge in [0.2, 0.25) is 0 Å². The minimum Gasteiger partial charge on any atom is -0.494 e. The summed E-state index contributed by atoms with van der Waals surface area (Å²) < 4.78 is 5.66. The minimum absolute atomic E-state index is 0.603. The van der Waals surface area contributed by atoms with Crippen molar-refractivity contribution >= 4 is 11.8 Å². The molecule has 0 saturated carbocycles. The summed E-state index contributed by atoms with van der Waals surface area (Å²) in [6.07, 6.45) is 1.03. The molecule has 0 aliphatic rings. The maximum absolute atomic E-state index is 5.66. The quantitative estimate of drug-likeness (QED) is 0.617. The van der Waals surface area contributed by atoms with Crippen molar-refractivity contribution in [3.63, 3.8) is 0 Å². The molecule has 19 heavy (non-hydrogen) atoms. The summed E-state index contributed by atoms with van der Waals surface area (Å²) >= 11 is 1.85. The van der Waals surface area contributed by atoms with Crippen LogP contribution in [0, 0.1) is 0 Å².